The lowest BCUT2D eigenvalue weighted by Gasteiger charge is -2.40. The summed E-state index contributed by atoms with van der Waals surface area (Å²) in [6.07, 6.45) is 1.11. The lowest BCUT2D eigenvalue weighted by Crippen LogP contribution is -2.48. The molecule has 2 heterocycles. The molecule has 0 aliphatic carbocycles. The third kappa shape index (κ3) is 4.58. The molecule has 2 aromatic carbocycles. The van der Waals surface area contributed by atoms with Crippen LogP contribution in [-0.2, 0) is 35.9 Å². The molecule has 2 bridgehead atoms. The molecule has 0 radical (unpaired) electrons. The van der Waals surface area contributed by atoms with Gasteiger partial charge in [0.1, 0.15) is 18.5 Å². The Kier molecular flexibility index (Phi) is 6.26. The zero-order valence-electron chi connectivity index (χ0n) is 18.0. The largest absolute Gasteiger partial charge is 0.494 e. The summed E-state index contributed by atoms with van der Waals surface area (Å²) < 4.78 is 29.1. The van der Waals surface area contributed by atoms with Crippen molar-refractivity contribution in [1.82, 2.24) is 0 Å². The smallest absolute Gasteiger partial charge is 0.302 e. The minimum Gasteiger partial charge on any atom is -0.494 e. The first-order valence-corrected chi connectivity index (χ1v) is 10.8. The van der Waals surface area contributed by atoms with Gasteiger partial charge in [-0.1, -0.05) is 29.8 Å². The van der Waals surface area contributed by atoms with Crippen molar-refractivity contribution in [3.05, 3.63) is 64.2 Å². The molecule has 3 unspecified atom stereocenters. The number of hydrogen-bond donors (Lipinski definition) is 0. The minimum absolute atomic E-state index is 0.262. The van der Waals surface area contributed by atoms with Crippen LogP contribution < -0.4 is 4.74 Å². The molecule has 2 fully saturated rings. The van der Waals surface area contributed by atoms with Crippen LogP contribution in [0.25, 0.3) is 0 Å². The highest BCUT2D eigenvalue weighted by atomic mass is 35.5. The molecule has 0 amide bonds. The lowest BCUT2D eigenvalue weighted by atomic mass is 9.91. The van der Waals surface area contributed by atoms with E-state index in [2.05, 4.69) is 0 Å². The van der Waals surface area contributed by atoms with Crippen LogP contribution >= 0.6 is 11.6 Å². The van der Waals surface area contributed by atoms with E-state index in [0.29, 0.717) is 30.9 Å². The molecule has 7 heteroatoms. The van der Waals surface area contributed by atoms with Crippen LogP contribution in [0.4, 0.5) is 0 Å². The van der Waals surface area contributed by atoms with Gasteiger partial charge in [-0.15, -0.1) is 0 Å². The average molecular weight is 447 g/mol. The monoisotopic (exact) mass is 446 g/mol. The van der Waals surface area contributed by atoms with E-state index in [9.17, 15) is 4.79 Å². The van der Waals surface area contributed by atoms with Crippen LogP contribution in [0.15, 0.2) is 42.5 Å². The van der Waals surface area contributed by atoms with Gasteiger partial charge in [0, 0.05) is 37.5 Å². The molecule has 31 heavy (non-hydrogen) atoms. The van der Waals surface area contributed by atoms with Gasteiger partial charge in [0.2, 0.25) is 5.79 Å². The van der Waals surface area contributed by atoms with Crippen molar-refractivity contribution >= 4 is 17.6 Å². The number of carbonyl (C=O) groups excluding carboxylic acids is 1. The number of halogens is 1. The molecular formula is C24H27ClO6. The molecule has 0 aromatic heterocycles. The SMILES string of the molecule is CCOc1ccc(Cc2cc(C34CC(OC(C)=O)CC(OC)(CO3)O4)ccc2Cl)cc1. The van der Waals surface area contributed by atoms with Gasteiger partial charge >= 0.3 is 5.97 Å². The summed E-state index contributed by atoms with van der Waals surface area (Å²) >= 11 is 6.52. The number of rotatable bonds is 7. The maximum atomic E-state index is 11.6. The topological polar surface area (TPSA) is 63.2 Å². The van der Waals surface area contributed by atoms with Crippen LogP contribution in [0.3, 0.4) is 0 Å². The number of benzene rings is 2. The van der Waals surface area contributed by atoms with Crippen molar-refractivity contribution in [2.24, 2.45) is 0 Å². The normalized spacial score (nSPS) is 27.2. The fraction of sp³-hybridized carbons (Fsp3) is 0.458. The first-order valence-electron chi connectivity index (χ1n) is 10.4. The second-order valence-corrected chi connectivity index (χ2v) is 8.37. The number of ether oxygens (including phenoxy) is 5. The summed E-state index contributed by atoms with van der Waals surface area (Å²) in [5.41, 5.74) is 2.89. The van der Waals surface area contributed by atoms with Crippen LogP contribution in [0.5, 0.6) is 5.75 Å². The summed E-state index contributed by atoms with van der Waals surface area (Å²) in [6, 6.07) is 13.7. The van der Waals surface area contributed by atoms with E-state index in [1.54, 1.807) is 7.11 Å². The Morgan fingerprint density at radius 1 is 1.19 bits per heavy atom. The number of fused-ring (bicyclic) bond motifs is 2. The number of hydrogen-bond acceptors (Lipinski definition) is 6. The van der Waals surface area contributed by atoms with Crippen LogP contribution in [-0.4, -0.2) is 38.2 Å². The maximum Gasteiger partial charge on any atom is 0.302 e. The van der Waals surface area contributed by atoms with E-state index in [0.717, 1.165) is 22.4 Å². The molecule has 0 spiro atoms. The molecule has 0 N–H and O–H groups in total. The van der Waals surface area contributed by atoms with Gasteiger partial charge in [-0.25, -0.2) is 0 Å². The first kappa shape index (κ1) is 22.1. The molecule has 2 aliphatic heterocycles. The predicted octanol–water partition coefficient (Wildman–Crippen LogP) is 4.60. The molecule has 166 valence electrons. The van der Waals surface area contributed by atoms with Crippen molar-refractivity contribution in [3.8, 4) is 5.75 Å². The fourth-order valence-corrected chi connectivity index (χ4v) is 4.49. The van der Waals surface area contributed by atoms with Crippen LogP contribution in [0.2, 0.25) is 5.02 Å². The van der Waals surface area contributed by atoms with Gasteiger partial charge in [-0.2, -0.15) is 0 Å². The zero-order valence-corrected chi connectivity index (χ0v) is 18.7. The van der Waals surface area contributed by atoms with E-state index in [1.165, 1.54) is 6.92 Å². The average Bonchev–Trinajstić information content (AvgIpc) is 3.03. The number of carbonyl (C=O) groups is 1. The van der Waals surface area contributed by atoms with Gasteiger partial charge in [0.15, 0.2) is 5.79 Å². The molecule has 4 rings (SSSR count). The zero-order chi connectivity index (χ0) is 22.1. The van der Waals surface area contributed by atoms with Gasteiger partial charge in [0.25, 0.3) is 0 Å². The second kappa shape index (κ2) is 8.79. The third-order valence-electron chi connectivity index (χ3n) is 5.73. The molecule has 2 aliphatic rings. The number of esters is 1. The van der Waals surface area contributed by atoms with Gasteiger partial charge in [-0.05, 0) is 48.7 Å². The molecular weight excluding hydrogens is 420 g/mol. The fourth-order valence-electron chi connectivity index (χ4n) is 4.31. The predicted molar refractivity (Wildman–Crippen MR) is 115 cm³/mol. The third-order valence-corrected chi connectivity index (χ3v) is 6.10. The van der Waals surface area contributed by atoms with Crippen molar-refractivity contribution in [1.29, 1.82) is 0 Å². The van der Waals surface area contributed by atoms with E-state index in [1.807, 2.05) is 49.4 Å². The van der Waals surface area contributed by atoms with E-state index >= 15 is 0 Å². The minimum atomic E-state index is -1.05. The quantitative estimate of drug-likeness (QED) is 0.579. The summed E-state index contributed by atoms with van der Waals surface area (Å²) in [7, 11) is 1.58. The van der Waals surface area contributed by atoms with Gasteiger partial charge in [0.05, 0.1) is 6.61 Å². The Hall–Kier alpha value is -2.12. The second-order valence-electron chi connectivity index (χ2n) is 7.96. The van der Waals surface area contributed by atoms with Crippen molar-refractivity contribution in [2.45, 2.75) is 50.8 Å². The number of methoxy groups -OCH3 is 1. The van der Waals surface area contributed by atoms with E-state index in [-0.39, 0.29) is 18.7 Å². The standard InChI is InChI=1S/C24H27ClO6/c1-4-28-20-8-5-17(6-9-20)11-18-12-19(7-10-22(18)25)24-14-21(30-16(2)26)13-23(27-3,31-24)15-29-24/h5-10,12,21H,4,11,13-15H2,1-3H3. The molecule has 2 saturated heterocycles. The van der Waals surface area contributed by atoms with Gasteiger partial charge in [-0.3, -0.25) is 4.79 Å². The van der Waals surface area contributed by atoms with E-state index < -0.39 is 11.6 Å². The van der Waals surface area contributed by atoms with Crippen LogP contribution in [0.1, 0.15) is 43.4 Å². The first-order chi connectivity index (χ1) is 14.9. The van der Waals surface area contributed by atoms with Crippen molar-refractivity contribution < 1.29 is 28.5 Å². The summed E-state index contributed by atoms with van der Waals surface area (Å²) in [6.45, 7) is 4.26. The lowest BCUT2D eigenvalue weighted by molar-refractivity contribution is -0.306. The Morgan fingerprint density at radius 3 is 2.65 bits per heavy atom. The van der Waals surface area contributed by atoms with Crippen molar-refractivity contribution in [2.75, 3.05) is 20.3 Å². The highest BCUT2D eigenvalue weighted by Crippen LogP contribution is 2.50. The molecule has 3 atom stereocenters. The molecule has 2 aromatic rings. The van der Waals surface area contributed by atoms with Gasteiger partial charge < -0.3 is 23.7 Å². The Labute approximate surface area is 187 Å². The Balaban J connectivity index is 1.61. The van der Waals surface area contributed by atoms with E-state index in [4.69, 9.17) is 35.3 Å². The molecule has 0 saturated carbocycles. The molecule has 6 nitrogen and oxygen atoms in total. The Bertz CT molecular complexity index is 946. The highest BCUT2D eigenvalue weighted by molar-refractivity contribution is 6.31. The van der Waals surface area contributed by atoms with Crippen molar-refractivity contribution in [3.63, 3.8) is 0 Å². The summed E-state index contributed by atoms with van der Waals surface area (Å²) in [5.74, 6) is -1.48. The highest BCUT2D eigenvalue weighted by Gasteiger charge is 2.59. The summed E-state index contributed by atoms with van der Waals surface area (Å²) in [4.78, 5) is 11.6. The maximum absolute atomic E-state index is 11.6. The Morgan fingerprint density at radius 2 is 1.97 bits per heavy atom. The summed E-state index contributed by atoms with van der Waals surface area (Å²) in [5, 5.41) is 0.664. The van der Waals surface area contributed by atoms with Crippen LogP contribution in [0, 0.1) is 0 Å².